The lowest BCUT2D eigenvalue weighted by atomic mass is 9.92. The van der Waals surface area contributed by atoms with E-state index < -0.39 is 6.10 Å². The molecule has 3 N–H and O–H groups in total. The summed E-state index contributed by atoms with van der Waals surface area (Å²) in [5.74, 6) is 0.442. The molecule has 7 heteroatoms. The molecular weight excluding hydrogens is 392 g/mol. The molecule has 1 saturated carbocycles. The minimum absolute atomic E-state index is 0. The molecule has 1 aromatic heterocycles. The van der Waals surface area contributed by atoms with Gasteiger partial charge >= 0.3 is 5.63 Å². The minimum atomic E-state index is -0.632. The summed E-state index contributed by atoms with van der Waals surface area (Å²) < 4.78 is 11.5. The van der Waals surface area contributed by atoms with Crippen LogP contribution in [0.25, 0.3) is 11.0 Å². The second-order valence-corrected chi connectivity index (χ2v) is 8.15. The molecule has 2 aromatic rings. The average molecular weight is 421 g/mol. The van der Waals surface area contributed by atoms with Crippen LogP contribution in [-0.4, -0.2) is 24.1 Å². The Hall–Kier alpha value is -2.05. The number of rotatable bonds is 4. The van der Waals surface area contributed by atoms with Crippen LogP contribution in [0.4, 0.5) is 0 Å². The van der Waals surface area contributed by atoms with Crippen LogP contribution in [0, 0.1) is 6.92 Å². The van der Waals surface area contributed by atoms with E-state index in [0.29, 0.717) is 11.3 Å². The van der Waals surface area contributed by atoms with Crippen LogP contribution in [0.3, 0.4) is 0 Å². The predicted octanol–water partition coefficient (Wildman–Crippen LogP) is 3.17. The Morgan fingerprint density at radius 1 is 1.21 bits per heavy atom. The van der Waals surface area contributed by atoms with Crippen LogP contribution in [0.2, 0.25) is 0 Å². The third-order valence-corrected chi connectivity index (χ3v) is 6.13. The van der Waals surface area contributed by atoms with E-state index in [1.807, 2.05) is 19.1 Å². The van der Waals surface area contributed by atoms with Crippen LogP contribution in [0.15, 0.2) is 21.3 Å². The van der Waals surface area contributed by atoms with Crippen molar-refractivity contribution < 1.29 is 13.9 Å². The first kappa shape index (κ1) is 21.7. The molecule has 6 nitrogen and oxygen atoms in total. The van der Waals surface area contributed by atoms with Crippen molar-refractivity contribution >= 4 is 29.3 Å². The van der Waals surface area contributed by atoms with Gasteiger partial charge in [-0.1, -0.05) is 0 Å². The van der Waals surface area contributed by atoms with Gasteiger partial charge in [-0.05, 0) is 76.5 Å². The zero-order valence-electron chi connectivity index (χ0n) is 17.0. The molecular formula is C22H29ClN2O4. The van der Waals surface area contributed by atoms with Gasteiger partial charge in [0.2, 0.25) is 0 Å². The minimum Gasteiger partial charge on any atom is -0.480 e. The summed E-state index contributed by atoms with van der Waals surface area (Å²) in [6, 6.07) is 4.23. The van der Waals surface area contributed by atoms with Crippen LogP contribution < -0.4 is 21.4 Å². The first-order chi connectivity index (χ1) is 13.4. The summed E-state index contributed by atoms with van der Waals surface area (Å²) in [5, 5.41) is 4.05. The normalized spacial score (nSPS) is 21.9. The highest BCUT2D eigenvalue weighted by atomic mass is 35.5. The van der Waals surface area contributed by atoms with Gasteiger partial charge in [0, 0.05) is 28.6 Å². The SMILES string of the molecule is Cc1c(OC(C)C(=O)NC2CCC(N)CC2)ccc2c3c(c(=O)oc12)CCC3.Cl. The Kier molecular flexibility index (Phi) is 6.54. The van der Waals surface area contributed by atoms with Gasteiger partial charge in [0.15, 0.2) is 6.10 Å². The van der Waals surface area contributed by atoms with Crippen molar-refractivity contribution in [2.75, 3.05) is 0 Å². The number of nitrogens with one attached hydrogen (secondary N) is 1. The van der Waals surface area contributed by atoms with Gasteiger partial charge in [-0.15, -0.1) is 12.4 Å². The Bertz CT molecular complexity index is 963. The molecule has 4 rings (SSSR count). The summed E-state index contributed by atoms with van der Waals surface area (Å²) >= 11 is 0. The lowest BCUT2D eigenvalue weighted by molar-refractivity contribution is -0.128. The van der Waals surface area contributed by atoms with Gasteiger partial charge in [-0.25, -0.2) is 4.79 Å². The lowest BCUT2D eigenvalue weighted by Gasteiger charge is -2.28. The first-order valence-electron chi connectivity index (χ1n) is 10.2. The van der Waals surface area contributed by atoms with Gasteiger partial charge in [0.05, 0.1) is 0 Å². The maximum atomic E-state index is 12.5. The number of carbonyl (C=O) groups is 1. The van der Waals surface area contributed by atoms with Crippen molar-refractivity contribution in [2.24, 2.45) is 5.73 Å². The molecule has 1 aromatic carbocycles. The van der Waals surface area contributed by atoms with Crippen LogP contribution in [-0.2, 0) is 17.6 Å². The van der Waals surface area contributed by atoms with E-state index in [0.717, 1.165) is 67.0 Å². The number of hydrogen-bond donors (Lipinski definition) is 2. The molecule has 2 aliphatic carbocycles. The fraction of sp³-hybridized carbons (Fsp3) is 0.545. The molecule has 0 saturated heterocycles. The number of halogens is 1. The number of ether oxygens (including phenoxy) is 1. The Labute approximate surface area is 176 Å². The second-order valence-electron chi connectivity index (χ2n) is 8.15. The van der Waals surface area contributed by atoms with Crippen LogP contribution in [0.5, 0.6) is 5.75 Å². The standard InChI is InChI=1S/C22H28N2O4.ClH/c1-12-19(27-13(2)21(25)24-15-8-6-14(23)7-9-15)11-10-17-16-4-3-5-18(16)22(26)28-20(12)17;/h10-11,13-15H,3-9,23H2,1-2H3,(H,24,25);1H. The number of carbonyl (C=O) groups excluding carboxylic acids is 1. The van der Waals surface area contributed by atoms with Crippen molar-refractivity contribution in [2.45, 2.75) is 77.0 Å². The van der Waals surface area contributed by atoms with E-state index in [1.54, 1.807) is 6.92 Å². The maximum Gasteiger partial charge on any atom is 0.339 e. The summed E-state index contributed by atoms with van der Waals surface area (Å²) in [4.78, 5) is 24.8. The zero-order valence-corrected chi connectivity index (χ0v) is 17.8. The Morgan fingerprint density at radius 3 is 2.62 bits per heavy atom. The van der Waals surface area contributed by atoms with E-state index in [1.165, 1.54) is 0 Å². The van der Waals surface area contributed by atoms with Crippen molar-refractivity contribution in [1.29, 1.82) is 0 Å². The molecule has 0 radical (unpaired) electrons. The lowest BCUT2D eigenvalue weighted by Crippen LogP contribution is -2.45. The van der Waals surface area contributed by atoms with E-state index in [9.17, 15) is 9.59 Å². The second kappa shape index (κ2) is 8.76. The molecule has 0 spiro atoms. The molecule has 0 aliphatic heterocycles. The quantitative estimate of drug-likeness (QED) is 0.741. The number of nitrogens with two attached hydrogens (primary N) is 1. The van der Waals surface area contributed by atoms with Crippen molar-refractivity contribution in [3.63, 3.8) is 0 Å². The number of fused-ring (bicyclic) bond motifs is 3. The molecule has 1 heterocycles. The van der Waals surface area contributed by atoms with Gasteiger partial charge in [-0.2, -0.15) is 0 Å². The number of benzene rings is 1. The highest BCUT2D eigenvalue weighted by molar-refractivity contribution is 5.87. The molecule has 1 fully saturated rings. The van der Waals surface area contributed by atoms with Crippen molar-refractivity contribution in [3.05, 3.63) is 39.2 Å². The summed E-state index contributed by atoms with van der Waals surface area (Å²) in [6.07, 6.45) is 5.73. The molecule has 2 aliphatic rings. The predicted molar refractivity (Wildman–Crippen MR) is 115 cm³/mol. The highest BCUT2D eigenvalue weighted by Crippen LogP contribution is 2.33. The van der Waals surface area contributed by atoms with Crippen molar-refractivity contribution in [3.8, 4) is 5.75 Å². The van der Waals surface area contributed by atoms with Gasteiger partial charge in [0.25, 0.3) is 5.91 Å². The molecule has 29 heavy (non-hydrogen) atoms. The molecule has 1 atom stereocenters. The first-order valence-corrected chi connectivity index (χ1v) is 10.2. The molecule has 1 amide bonds. The van der Waals surface area contributed by atoms with E-state index in [2.05, 4.69) is 5.32 Å². The van der Waals surface area contributed by atoms with E-state index in [4.69, 9.17) is 14.9 Å². The summed E-state index contributed by atoms with van der Waals surface area (Å²) in [5.41, 5.74) is 8.91. The van der Waals surface area contributed by atoms with E-state index >= 15 is 0 Å². The Morgan fingerprint density at radius 2 is 1.90 bits per heavy atom. The summed E-state index contributed by atoms with van der Waals surface area (Å²) in [6.45, 7) is 3.61. The average Bonchev–Trinajstić information content (AvgIpc) is 3.17. The topological polar surface area (TPSA) is 94.6 Å². The van der Waals surface area contributed by atoms with Gasteiger partial charge < -0.3 is 20.2 Å². The van der Waals surface area contributed by atoms with Crippen molar-refractivity contribution in [1.82, 2.24) is 5.32 Å². The monoisotopic (exact) mass is 420 g/mol. The molecule has 158 valence electrons. The molecule has 0 bridgehead atoms. The fourth-order valence-corrected chi connectivity index (χ4v) is 4.42. The van der Waals surface area contributed by atoms with E-state index in [-0.39, 0.29) is 36.0 Å². The number of hydrogen-bond acceptors (Lipinski definition) is 5. The Balaban J connectivity index is 0.00000240. The van der Waals surface area contributed by atoms with Crippen LogP contribution >= 0.6 is 12.4 Å². The van der Waals surface area contributed by atoms with Crippen LogP contribution in [0.1, 0.15) is 55.7 Å². The zero-order chi connectivity index (χ0) is 19.8. The maximum absolute atomic E-state index is 12.5. The molecule has 1 unspecified atom stereocenters. The van der Waals surface area contributed by atoms with Gasteiger partial charge in [-0.3, -0.25) is 4.79 Å². The smallest absolute Gasteiger partial charge is 0.339 e. The largest absolute Gasteiger partial charge is 0.480 e. The third-order valence-electron chi connectivity index (χ3n) is 6.13. The van der Waals surface area contributed by atoms with Gasteiger partial charge in [0.1, 0.15) is 11.3 Å². The fourth-order valence-electron chi connectivity index (χ4n) is 4.42. The number of amides is 1. The number of aryl methyl sites for hydroxylation is 2. The summed E-state index contributed by atoms with van der Waals surface area (Å²) in [7, 11) is 0. The third kappa shape index (κ3) is 4.28. The highest BCUT2D eigenvalue weighted by Gasteiger charge is 2.25.